The van der Waals surface area contributed by atoms with Crippen molar-refractivity contribution in [3.63, 3.8) is 0 Å². The van der Waals surface area contributed by atoms with Crippen molar-refractivity contribution in [2.45, 2.75) is 13.3 Å². The van der Waals surface area contributed by atoms with Gasteiger partial charge >= 0.3 is 0 Å². The number of hydrogen-bond acceptors (Lipinski definition) is 3. The first-order valence-electron chi connectivity index (χ1n) is 7.54. The Bertz CT molecular complexity index is 794. The first kappa shape index (κ1) is 17.8. The molecular weight excluding hydrogens is 368 g/mol. The molecule has 2 aromatic carbocycles. The highest BCUT2D eigenvalue weighted by molar-refractivity contribution is 9.10. The Morgan fingerprint density at radius 2 is 2.08 bits per heavy atom. The molecule has 0 saturated heterocycles. The van der Waals surface area contributed by atoms with Crippen molar-refractivity contribution in [3.8, 4) is 11.8 Å². The van der Waals surface area contributed by atoms with Crippen LogP contribution in [-0.2, 0) is 4.79 Å². The average Bonchev–Trinajstić information content (AvgIpc) is 2.58. The minimum atomic E-state index is -0.458. The topological polar surface area (TPSA) is 62.1 Å². The van der Waals surface area contributed by atoms with E-state index in [9.17, 15) is 10.1 Å². The maximum absolute atomic E-state index is 12.3. The summed E-state index contributed by atoms with van der Waals surface area (Å²) in [5.41, 5.74) is 1.33. The van der Waals surface area contributed by atoms with Crippen molar-refractivity contribution in [3.05, 3.63) is 64.1 Å². The number of nitrogens with zero attached hydrogens (tertiary/aromatic N) is 1. The molecule has 122 valence electrons. The van der Waals surface area contributed by atoms with E-state index in [1.165, 1.54) is 6.08 Å². The third-order valence-corrected chi connectivity index (χ3v) is 3.62. The standard InChI is InChI=1S/C19H17BrN2O2/c1-2-10-24-18-9-4-3-6-14(18)11-15(13-21)19(23)22-17-8-5-7-16(20)12-17/h3-9,11-12H,2,10H2,1H3,(H,22,23)/b15-11+. The molecule has 0 radical (unpaired) electrons. The van der Waals surface area contributed by atoms with E-state index >= 15 is 0 Å². The van der Waals surface area contributed by atoms with Crippen LogP contribution in [0, 0.1) is 11.3 Å². The molecule has 0 aliphatic heterocycles. The molecule has 4 nitrogen and oxygen atoms in total. The molecule has 0 saturated carbocycles. The van der Waals surface area contributed by atoms with Gasteiger partial charge in [0.2, 0.25) is 0 Å². The van der Waals surface area contributed by atoms with Gasteiger partial charge in [0.15, 0.2) is 0 Å². The van der Waals surface area contributed by atoms with Crippen LogP contribution in [0.15, 0.2) is 58.6 Å². The van der Waals surface area contributed by atoms with Gasteiger partial charge in [-0.2, -0.15) is 5.26 Å². The maximum Gasteiger partial charge on any atom is 0.266 e. The van der Waals surface area contributed by atoms with E-state index in [1.807, 2.05) is 49.4 Å². The van der Waals surface area contributed by atoms with Gasteiger partial charge in [-0.25, -0.2) is 0 Å². The summed E-state index contributed by atoms with van der Waals surface area (Å²) in [5.74, 6) is 0.197. The summed E-state index contributed by atoms with van der Waals surface area (Å²) in [6.45, 7) is 2.60. The zero-order valence-corrected chi connectivity index (χ0v) is 14.8. The van der Waals surface area contributed by atoms with Crippen LogP contribution in [0.2, 0.25) is 0 Å². The molecule has 0 aromatic heterocycles. The van der Waals surface area contributed by atoms with E-state index in [-0.39, 0.29) is 5.57 Å². The van der Waals surface area contributed by atoms with Crippen LogP contribution in [0.5, 0.6) is 5.75 Å². The fourth-order valence-corrected chi connectivity index (χ4v) is 2.41. The summed E-state index contributed by atoms with van der Waals surface area (Å²) >= 11 is 3.35. The van der Waals surface area contributed by atoms with E-state index in [0.29, 0.717) is 23.6 Å². The van der Waals surface area contributed by atoms with Crippen LogP contribution in [0.3, 0.4) is 0 Å². The zero-order chi connectivity index (χ0) is 17.4. The summed E-state index contributed by atoms with van der Waals surface area (Å²) in [6, 6.07) is 16.5. The number of hydrogen-bond donors (Lipinski definition) is 1. The maximum atomic E-state index is 12.3. The van der Waals surface area contributed by atoms with Crippen molar-refractivity contribution in [2.24, 2.45) is 0 Å². The molecule has 24 heavy (non-hydrogen) atoms. The van der Waals surface area contributed by atoms with Crippen LogP contribution < -0.4 is 10.1 Å². The smallest absolute Gasteiger partial charge is 0.266 e. The molecule has 0 fully saturated rings. The molecule has 0 atom stereocenters. The van der Waals surface area contributed by atoms with E-state index in [2.05, 4.69) is 21.2 Å². The second-order valence-electron chi connectivity index (χ2n) is 5.02. The number of nitrogens with one attached hydrogen (secondary N) is 1. The van der Waals surface area contributed by atoms with Crippen LogP contribution >= 0.6 is 15.9 Å². The Balaban J connectivity index is 2.23. The number of halogens is 1. The second-order valence-corrected chi connectivity index (χ2v) is 5.94. The lowest BCUT2D eigenvalue weighted by Crippen LogP contribution is -2.13. The minimum Gasteiger partial charge on any atom is -0.493 e. The molecule has 0 bridgehead atoms. The predicted octanol–water partition coefficient (Wildman–Crippen LogP) is 4.78. The summed E-state index contributed by atoms with van der Waals surface area (Å²) in [5, 5.41) is 12.0. The molecular formula is C19H17BrN2O2. The molecule has 0 aliphatic carbocycles. The van der Waals surface area contributed by atoms with Gasteiger partial charge in [-0.1, -0.05) is 47.1 Å². The van der Waals surface area contributed by atoms with Crippen LogP contribution in [-0.4, -0.2) is 12.5 Å². The van der Waals surface area contributed by atoms with Crippen molar-refractivity contribution in [2.75, 3.05) is 11.9 Å². The number of carbonyl (C=O) groups excluding carboxylic acids is 1. The van der Waals surface area contributed by atoms with Crippen molar-refractivity contribution >= 4 is 33.6 Å². The first-order chi connectivity index (χ1) is 11.6. The van der Waals surface area contributed by atoms with E-state index in [1.54, 1.807) is 12.1 Å². The third-order valence-electron chi connectivity index (χ3n) is 3.13. The Kier molecular flexibility index (Phi) is 6.59. The second kappa shape index (κ2) is 8.90. The Morgan fingerprint density at radius 3 is 2.79 bits per heavy atom. The number of para-hydroxylation sites is 1. The van der Waals surface area contributed by atoms with Crippen LogP contribution in [0.4, 0.5) is 5.69 Å². The van der Waals surface area contributed by atoms with Crippen molar-refractivity contribution < 1.29 is 9.53 Å². The molecule has 2 aromatic rings. The largest absolute Gasteiger partial charge is 0.493 e. The number of amides is 1. The van der Waals surface area contributed by atoms with Gasteiger partial charge in [0, 0.05) is 15.7 Å². The predicted molar refractivity (Wildman–Crippen MR) is 98.6 cm³/mol. The van der Waals surface area contributed by atoms with Crippen molar-refractivity contribution in [1.82, 2.24) is 0 Å². The third kappa shape index (κ3) is 4.97. The lowest BCUT2D eigenvalue weighted by Gasteiger charge is -2.09. The Hall–Kier alpha value is -2.58. The molecule has 2 rings (SSSR count). The fraction of sp³-hybridized carbons (Fsp3) is 0.158. The Morgan fingerprint density at radius 1 is 1.29 bits per heavy atom. The SMILES string of the molecule is CCCOc1ccccc1/C=C(\C#N)C(=O)Nc1cccc(Br)c1. The summed E-state index contributed by atoms with van der Waals surface area (Å²) < 4.78 is 6.50. The molecule has 0 heterocycles. The van der Waals surface area contributed by atoms with Crippen LogP contribution in [0.25, 0.3) is 6.08 Å². The Labute approximate surface area is 149 Å². The molecule has 1 N–H and O–H groups in total. The van der Waals surface area contributed by atoms with Gasteiger partial charge in [0.05, 0.1) is 6.61 Å². The van der Waals surface area contributed by atoms with Crippen LogP contribution in [0.1, 0.15) is 18.9 Å². The normalized spacial score (nSPS) is 10.8. The van der Waals surface area contributed by atoms with Crippen molar-refractivity contribution in [1.29, 1.82) is 5.26 Å². The van der Waals surface area contributed by atoms with Gasteiger partial charge < -0.3 is 10.1 Å². The monoisotopic (exact) mass is 384 g/mol. The number of ether oxygens (including phenoxy) is 1. The van der Waals surface area contributed by atoms with Gasteiger partial charge in [-0.3, -0.25) is 4.79 Å². The first-order valence-corrected chi connectivity index (χ1v) is 8.34. The molecule has 0 aliphatic rings. The molecule has 0 unspecified atom stereocenters. The highest BCUT2D eigenvalue weighted by atomic mass is 79.9. The summed E-state index contributed by atoms with van der Waals surface area (Å²) in [4.78, 5) is 12.3. The highest BCUT2D eigenvalue weighted by Gasteiger charge is 2.11. The number of rotatable bonds is 6. The quantitative estimate of drug-likeness (QED) is 0.575. The number of carbonyl (C=O) groups is 1. The van der Waals surface area contributed by atoms with E-state index in [0.717, 1.165) is 10.9 Å². The minimum absolute atomic E-state index is 0.0162. The van der Waals surface area contributed by atoms with Gasteiger partial charge in [-0.15, -0.1) is 0 Å². The number of anilines is 1. The number of benzene rings is 2. The van der Waals surface area contributed by atoms with Gasteiger partial charge in [0.25, 0.3) is 5.91 Å². The molecule has 0 spiro atoms. The summed E-state index contributed by atoms with van der Waals surface area (Å²) in [6.07, 6.45) is 2.42. The zero-order valence-electron chi connectivity index (χ0n) is 13.3. The number of nitriles is 1. The highest BCUT2D eigenvalue weighted by Crippen LogP contribution is 2.22. The summed E-state index contributed by atoms with van der Waals surface area (Å²) in [7, 11) is 0. The molecule has 1 amide bonds. The van der Waals surface area contributed by atoms with E-state index in [4.69, 9.17) is 4.74 Å². The van der Waals surface area contributed by atoms with Gasteiger partial charge in [-0.05, 0) is 36.8 Å². The lowest BCUT2D eigenvalue weighted by molar-refractivity contribution is -0.112. The molecule has 5 heteroatoms. The average molecular weight is 385 g/mol. The lowest BCUT2D eigenvalue weighted by atomic mass is 10.1. The van der Waals surface area contributed by atoms with E-state index < -0.39 is 5.91 Å². The fourth-order valence-electron chi connectivity index (χ4n) is 2.01. The van der Waals surface area contributed by atoms with Gasteiger partial charge in [0.1, 0.15) is 17.4 Å².